The average molecular weight is 293 g/mol. The van der Waals surface area contributed by atoms with Crippen molar-refractivity contribution in [2.45, 2.75) is 32.5 Å². The van der Waals surface area contributed by atoms with Crippen LogP contribution in [0.4, 0.5) is 13.2 Å². The highest BCUT2D eigenvalue weighted by atomic mass is 19.4. The van der Waals surface area contributed by atoms with Crippen LogP contribution in [-0.4, -0.2) is 10.4 Å². The number of halogens is 3. The van der Waals surface area contributed by atoms with Crippen molar-refractivity contribution in [1.82, 2.24) is 4.57 Å². The van der Waals surface area contributed by atoms with Crippen LogP contribution in [0.5, 0.6) is 0 Å². The molecule has 110 valence electrons. The molecule has 0 radical (unpaired) electrons. The van der Waals surface area contributed by atoms with Crippen LogP contribution < -0.4 is 0 Å². The van der Waals surface area contributed by atoms with Crippen molar-refractivity contribution in [3.05, 3.63) is 58.4 Å². The fourth-order valence-corrected chi connectivity index (χ4v) is 3.08. The molecule has 0 atom stereocenters. The zero-order valence-corrected chi connectivity index (χ0v) is 11.5. The summed E-state index contributed by atoms with van der Waals surface area (Å²) in [5, 5.41) is 0. The number of alkyl halides is 3. The van der Waals surface area contributed by atoms with Crippen LogP contribution in [0.25, 0.3) is 0 Å². The van der Waals surface area contributed by atoms with Crippen molar-refractivity contribution >= 4 is 5.78 Å². The second kappa shape index (κ2) is 4.76. The van der Waals surface area contributed by atoms with E-state index in [4.69, 9.17) is 0 Å². The third-order valence-corrected chi connectivity index (χ3v) is 3.97. The van der Waals surface area contributed by atoms with Crippen molar-refractivity contribution in [3.8, 4) is 0 Å². The van der Waals surface area contributed by atoms with Crippen molar-refractivity contribution in [2.24, 2.45) is 0 Å². The van der Waals surface area contributed by atoms with Crippen LogP contribution >= 0.6 is 0 Å². The molecule has 0 N–H and O–H groups in total. The second-order valence-corrected chi connectivity index (χ2v) is 5.23. The molecule has 0 saturated carbocycles. The normalized spacial score (nSPS) is 14.3. The Morgan fingerprint density at radius 3 is 2.48 bits per heavy atom. The fourth-order valence-electron chi connectivity index (χ4n) is 3.08. The van der Waals surface area contributed by atoms with Gasteiger partial charge in [-0.15, -0.1) is 0 Å². The number of fused-ring (bicyclic) bond motifs is 1. The first-order chi connectivity index (χ1) is 9.91. The summed E-state index contributed by atoms with van der Waals surface area (Å²) >= 11 is 0. The maximum absolute atomic E-state index is 13.4. The molecule has 0 aliphatic carbocycles. The highest BCUT2D eigenvalue weighted by Crippen LogP contribution is 2.41. The number of nitrogens with zero attached hydrogens (tertiary/aromatic N) is 1. The Morgan fingerprint density at radius 1 is 1.19 bits per heavy atom. The van der Waals surface area contributed by atoms with Gasteiger partial charge in [-0.05, 0) is 19.8 Å². The molecule has 1 aliphatic heterocycles. The summed E-state index contributed by atoms with van der Waals surface area (Å²) in [4.78, 5) is 12.5. The molecule has 21 heavy (non-hydrogen) atoms. The molecule has 0 fully saturated rings. The summed E-state index contributed by atoms with van der Waals surface area (Å²) in [5.74, 6) is -0.553. The summed E-state index contributed by atoms with van der Waals surface area (Å²) < 4.78 is 41.9. The molecule has 0 amide bonds. The van der Waals surface area contributed by atoms with Crippen LogP contribution in [-0.2, 0) is 19.1 Å². The Balaban J connectivity index is 2.22. The Labute approximate surface area is 120 Å². The van der Waals surface area contributed by atoms with Gasteiger partial charge in [-0.2, -0.15) is 13.2 Å². The largest absolute Gasteiger partial charge is 0.418 e. The van der Waals surface area contributed by atoms with Crippen LogP contribution in [0.1, 0.15) is 39.3 Å². The Bertz CT molecular complexity index is 699. The lowest BCUT2D eigenvalue weighted by atomic mass is 9.97. The van der Waals surface area contributed by atoms with E-state index in [0.717, 1.165) is 0 Å². The third kappa shape index (κ3) is 2.17. The van der Waals surface area contributed by atoms with E-state index in [1.807, 2.05) is 0 Å². The van der Waals surface area contributed by atoms with Gasteiger partial charge in [-0.1, -0.05) is 30.3 Å². The minimum atomic E-state index is -4.50. The quantitative estimate of drug-likeness (QED) is 0.767. The predicted octanol–water partition coefficient (Wildman–Crippen LogP) is 3.99. The molecule has 1 aliphatic rings. The minimum Gasteiger partial charge on any atom is -0.347 e. The van der Waals surface area contributed by atoms with Gasteiger partial charge in [0, 0.05) is 23.5 Å². The van der Waals surface area contributed by atoms with Gasteiger partial charge in [0.05, 0.1) is 11.1 Å². The summed E-state index contributed by atoms with van der Waals surface area (Å²) in [6.45, 7) is 2.15. The molecule has 1 aromatic heterocycles. The topological polar surface area (TPSA) is 22.0 Å². The standard InChI is InChI=1S/C16H14F3NO/c1-10-13(15(21)11-6-3-2-4-7-11)14(16(17,18)19)12-8-5-9-20(10)12/h2-4,6-7H,5,8-9H2,1H3. The Hall–Kier alpha value is -2.04. The second-order valence-electron chi connectivity index (χ2n) is 5.23. The first-order valence-corrected chi connectivity index (χ1v) is 6.80. The monoisotopic (exact) mass is 293 g/mol. The first kappa shape index (κ1) is 13.9. The molecule has 5 heteroatoms. The van der Waals surface area contributed by atoms with E-state index in [2.05, 4.69) is 0 Å². The zero-order valence-electron chi connectivity index (χ0n) is 11.5. The first-order valence-electron chi connectivity index (χ1n) is 6.80. The number of benzene rings is 1. The Morgan fingerprint density at radius 2 is 1.86 bits per heavy atom. The zero-order chi connectivity index (χ0) is 15.2. The average Bonchev–Trinajstić information content (AvgIpc) is 3.00. The van der Waals surface area contributed by atoms with Crippen LogP contribution in [0, 0.1) is 6.92 Å². The number of carbonyl (C=O) groups is 1. The van der Waals surface area contributed by atoms with Crippen molar-refractivity contribution in [3.63, 3.8) is 0 Å². The molecule has 0 bridgehead atoms. The van der Waals surface area contributed by atoms with Crippen molar-refractivity contribution < 1.29 is 18.0 Å². The number of carbonyl (C=O) groups excluding carboxylic acids is 1. The van der Waals surface area contributed by atoms with Gasteiger partial charge in [0.15, 0.2) is 5.78 Å². The van der Waals surface area contributed by atoms with Gasteiger partial charge in [-0.3, -0.25) is 4.79 Å². The van der Waals surface area contributed by atoms with E-state index >= 15 is 0 Å². The molecule has 2 heterocycles. The van der Waals surface area contributed by atoms with Crippen molar-refractivity contribution in [1.29, 1.82) is 0 Å². The third-order valence-electron chi connectivity index (χ3n) is 3.97. The maximum atomic E-state index is 13.4. The smallest absolute Gasteiger partial charge is 0.347 e. The van der Waals surface area contributed by atoms with Crippen LogP contribution in [0.3, 0.4) is 0 Å². The highest BCUT2D eigenvalue weighted by molar-refractivity contribution is 6.11. The molecule has 0 saturated heterocycles. The highest BCUT2D eigenvalue weighted by Gasteiger charge is 2.42. The number of hydrogen-bond acceptors (Lipinski definition) is 1. The summed E-state index contributed by atoms with van der Waals surface area (Å²) in [5.41, 5.74) is 0.0214. The molecule has 0 spiro atoms. The summed E-state index contributed by atoms with van der Waals surface area (Å²) in [6.07, 6.45) is -3.44. The van der Waals surface area contributed by atoms with Gasteiger partial charge in [-0.25, -0.2) is 0 Å². The van der Waals surface area contributed by atoms with E-state index in [0.29, 0.717) is 25.1 Å². The molecule has 2 nitrogen and oxygen atoms in total. The number of ketones is 1. The van der Waals surface area contributed by atoms with Gasteiger partial charge in [0.1, 0.15) is 0 Å². The lowest BCUT2D eigenvalue weighted by Crippen LogP contribution is -2.14. The van der Waals surface area contributed by atoms with Crippen LogP contribution in [0.15, 0.2) is 30.3 Å². The molecule has 2 aromatic rings. The number of aromatic nitrogens is 1. The molecular formula is C16H14F3NO. The predicted molar refractivity (Wildman–Crippen MR) is 72.4 cm³/mol. The minimum absolute atomic E-state index is 0.191. The van der Waals surface area contributed by atoms with E-state index in [1.165, 1.54) is 0 Å². The maximum Gasteiger partial charge on any atom is 0.418 e. The van der Waals surface area contributed by atoms with E-state index < -0.39 is 17.5 Å². The molecule has 0 unspecified atom stereocenters. The lowest BCUT2D eigenvalue weighted by Gasteiger charge is -2.10. The van der Waals surface area contributed by atoms with Crippen molar-refractivity contribution in [2.75, 3.05) is 0 Å². The fraction of sp³-hybridized carbons (Fsp3) is 0.312. The molecular weight excluding hydrogens is 279 g/mol. The molecule has 1 aromatic carbocycles. The SMILES string of the molecule is Cc1c(C(=O)c2ccccc2)c(C(F)(F)F)c2n1CCC2. The van der Waals surface area contributed by atoms with Gasteiger partial charge in [0.25, 0.3) is 0 Å². The summed E-state index contributed by atoms with van der Waals surface area (Å²) in [6, 6.07) is 8.13. The van der Waals surface area contributed by atoms with Gasteiger partial charge >= 0.3 is 6.18 Å². The van der Waals surface area contributed by atoms with E-state index in [9.17, 15) is 18.0 Å². The van der Waals surface area contributed by atoms with E-state index in [1.54, 1.807) is 41.8 Å². The lowest BCUT2D eigenvalue weighted by molar-refractivity contribution is -0.138. The summed E-state index contributed by atoms with van der Waals surface area (Å²) in [7, 11) is 0. The van der Waals surface area contributed by atoms with Crippen LogP contribution in [0.2, 0.25) is 0 Å². The number of hydrogen-bond donors (Lipinski definition) is 0. The van der Waals surface area contributed by atoms with Gasteiger partial charge in [0.2, 0.25) is 0 Å². The van der Waals surface area contributed by atoms with Gasteiger partial charge < -0.3 is 4.57 Å². The molecule has 3 rings (SSSR count). The number of rotatable bonds is 2. The Kier molecular flexibility index (Phi) is 3.15. The van der Waals surface area contributed by atoms with E-state index in [-0.39, 0.29) is 16.8 Å².